The van der Waals surface area contributed by atoms with Crippen molar-refractivity contribution in [1.29, 1.82) is 0 Å². The van der Waals surface area contributed by atoms with E-state index < -0.39 is 0 Å². The number of furan rings is 1. The molecule has 2 heterocycles. The first-order chi connectivity index (χ1) is 7.31. The highest BCUT2D eigenvalue weighted by Crippen LogP contribution is 2.21. The molecule has 0 aromatic carbocycles. The summed E-state index contributed by atoms with van der Waals surface area (Å²) in [6, 6.07) is 4.74. The van der Waals surface area contributed by atoms with Crippen molar-refractivity contribution in [3.8, 4) is 0 Å². The lowest BCUT2D eigenvalue weighted by Crippen LogP contribution is -2.37. The molecule has 0 amide bonds. The molecular weight excluding hydrogens is 190 g/mol. The van der Waals surface area contributed by atoms with Crippen molar-refractivity contribution in [1.82, 2.24) is 5.32 Å². The Morgan fingerprint density at radius 3 is 3.00 bits per heavy atom. The highest BCUT2D eigenvalue weighted by molar-refractivity contribution is 5.05. The standard InChI is InChI=1S/C12H19NO2/c1-3-10(12-5-4-7-15-12)13-11-6-8-14-9(11)2/h4-5,7,9-11,13H,3,6,8H2,1-2H3. The van der Waals surface area contributed by atoms with Crippen molar-refractivity contribution in [2.75, 3.05) is 6.61 Å². The molecule has 1 aromatic rings. The van der Waals surface area contributed by atoms with E-state index in [1.807, 2.05) is 12.1 Å². The fourth-order valence-corrected chi connectivity index (χ4v) is 2.10. The van der Waals surface area contributed by atoms with E-state index >= 15 is 0 Å². The summed E-state index contributed by atoms with van der Waals surface area (Å²) in [5.41, 5.74) is 0. The maximum Gasteiger partial charge on any atom is 0.120 e. The van der Waals surface area contributed by atoms with E-state index in [0.29, 0.717) is 18.2 Å². The van der Waals surface area contributed by atoms with Crippen LogP contribution in [0, 0.1) is 0 Å². The molecule has 0 spiro atoms. The summed E-state index contributed by atoms with van der Waals surface area (Å²) in [6.07, 6.45) is 4.18. The van der Waals surface area contributed by atoms with Gasteiger partial charge in [0, 0.05) is 12.6 Å². The summed E-state index contributed by atoms with van der Waals surface area (Å²) in [7, 11) is 0. The minimum Gasteiger partial charge on any atom is -0.468 e. The monoisotopic (exact) mass is 209 g/mol. The van der Waals surface area contributed by atoms with E-state index in [1.54, 1.807) is 6.26 Å². The number of hydrogen-bond acceptors (Lipinski definition) is 3. The molecule has 1 N–H and O–H groups in total. The lowest BCUT2D eigenvalue weighted by atomic mass is 10.1. The molecule has 15 heavy (non-hydrogen) atoms. The Bertz CT molecular complexity index is 284. The van der Waals surface area contributed by atoms with Crippen molar-refractivity contribution in [2.45, 2.75) is 44.9 Å². The third-order valence-electron chi connectivity index (χ3n) is 3.09. The van der Waals surface area contributed by atoms with Crippen molar-refractivity contribution in [3.63, 3.8) is 0 Å². The molecule has 0 saturated carbocycles. The smallest absolute Gasteiger partial charge is 0.120 e. The number of rotatable bonds is 4. The summed E-state index contributed by atoms with van der Waals surface area (Å²) in [5.74, 6) is 1.02. The molecule has 0 aliphatic carbocycles. The molecule has 0 radical (unpaired) electrons. The fraction of sp³-hybridized carbons (Fsp3) is 0.667. The quantitative estimate of drug-likeness (QED) is 0.827. The molecular formula is C12H19NO2. The van der Waals surface area contributed by atoms with Crippen LogP contribution >= 0.6 is 0 Å². The van der Waals surface area contributed by atoms with Gasteiger partial charge in [-0.15, -0.1) is 0 Å². The van der Waals surface area contributed by atoms with Gasteiger partial charge in [-0.1, -0.05) is 6.92 Å². The minimum atomic E-state index is 0.314. The van der Waals surface area contributed by atoms with Crippen molar-refractivity contribution in [2.24, 2.45) is 0 Å². The molecule has 3 atom stereocenters. The lowest BCUT2D eigenvalue weighted by molar-refractivity contribution is 0.110. The molecule has 1 fully saturated rings. The second-order valence-electron chi connectivity index (χ2n) is 4.11. The molecule has 1 aliphatic rings. The van der Waals surface area contributed by atoms with E-state index in [2.05, 4.69) is 19.2 Å². The first-order valence-electron chi connectivity index (χ1n) is 5.72. The van der Waals surface area contributed by atoms with Gasteiger partial charge in [0.25, 0.3) is 0 Å². The highest BCUT2D eigenvalue weighted by atomic mass is 16.5. The van der Waals surface area contributed by atoms with E-state index in [-0.39, 0.29) is 0 Å². The number of nitrogens with one attached hydrogen (secondary N) is 1. The van der Waals surface area contributed by atoms with Crippen LogP contribution in [0.15, 0.2) is 22.8 Å². The maximum atomic E-state index is 5.54. The van der Waals surface area contributed by atoms with Gasteiger partial charge in [-0.2, -0.15) is 0 Å². The average Bonchev–Trinajstić information content (AvgIpc) is 2.86. The molecule has 3 nitrogen and oxygen atoms in total. The van der Waals surface area contributed by atoms with Gasteiger partial charge >= 0.3 is 0 Å². The maximum absolute atomic E-state index is 5.54. The molecule has 1 aliphatic heterocycles. The van der Waals surface area contributed by atoms with Crippen molar-refractivity contribution < 1.29 is 9.15 Å². The Morgan fingerprint density at radius 2 is 2.47 bits per heavy atom. The summed E-state index contributed by atoms with van der Waals surface area (Å²) in [6.45, 7) is 5.16. The van der Waals surface area contributed by atoms with Gasteiger partial charge in [-0.25, -0.2) is 0 Å². The van der Waals surface area contributed by atoms with Gasteiger partial charge in [-0.05, 0) is 31.9 Å². The van der Waals surface area contributed by atoms with Crippen LogP contribution in [0.25, 0.3) is 0 Å². The van der Waals surface area contributed by atoms with E-state index in [1.165, 1.54) is 0 Å². The SMILES string of the molecule is CCC(NC1CCOC1C)c1ccco1. The van der Waals surface area contributed by atoms with Gasteiger partial charge in [0.1, 0.15) is 5.76 Å². The predicted octanol–water partition coefficient (Wildman–Crippen LogP) is 2.50. The Kier molecular flexibility index (Phi) is 3.44. The third kappa shape index (κ3) is 2.41. The van der Waals surface area contributed by atoms with Gasteiger partial charge in [0.2, 0.25) is 0 Å². The summed E-state index contributed by atoms with van der Waals surface area (Å²) in [4.78, 5) is 0. The molecule has 2 rings (SSSR count). The second-order valence-corrected chi connectivity index (χ2v) is 4.11. The van der Waals surface area contributed by atoms with Gasteiger partial charge in [0.15, 0.2) is 0 Å². The Hall–Kier alpha value is -0.800. The molecule has 3 unspecified atom stereocenters. The molecule has 3 heteroatoms. The van der Waals surface area contributed by atoms with Crippen molar-refractivity contribution in [3.05, 3.63) is 24.2 Å². The average molecular weight is 209 g/mol. The van der Waals surface area contributed by atoms with Crippen LogP contribution in [0.2, 0.25) is 0 Å². The molecule has 0 bridgehead atoms. The summed E-state index contributed by atoms with van der Waals surface area (Å²) in [5, 5.41) is 3.60. The Morgan fingerprint density at radius 1 is 1.60 bits per heavy atom. The Balaban J connectivity index is 1.96. The summed E-state index contributed by atoms with van der Waals surface area (Å²) < 4.78 is 11.0. The third-order valence-corrected chi connectivity index (χ3v) is 3.09. The van der Waals surface area contributed by atoms with Gasteiger partial charge < -0.3 is 14.5 Å². The second kappa shape index (κ2) is 4.81. The largest absolute Gasteiger partial charge is 0.468 e. The van der Waals surface area contributed by atoms with E-state index in [4.69, 9.17) is 9.15 Å². The first-order valence-corrected chi connectivity index (χ1v) is 5.72. The summed E-state index contributed by atoms with van der Waals surface area (Å²) >= 11 is 0. The number of hydrogen-bond donors (Lipinski definition) is 1. The van der Waals surface area contributed by atoms with Crippen LogP contribution in [0.3, 0.4) is 0 Å². The van der Waals surface area contributed by atoms with Crippen LogP contribution in [0.4, 0.5) is 0 Å². The van der Waals surface area contributed by atoms with Crippen LogP contribution in [0.1, 0.15) is 38.5 Å². The fourth-order valence-electron chi connectivity index (χ4n) is 2.10. The van der Waals surface area contributed by atoms with Crippen LogP contribution in [-0.4, -0.2) is 18.8 Å². The van der Waals surface area contributed by atoms with Gasteiger partial charge in [0.05, 0.1) is 18.4 Å². The zero-order valence-electron chi connectivity index (χ0n) is 9.40. The van der Waals surface area contributed by atoms with Crippen LogP contribution in [-0.2, 0) is 4.74 Å². The minimum absolute atomic E-state index is 0.314. The van der Waals surface area contributed by atoms with E-state index in [0.717, 1.165) is 25.2 Å². The Labute approximate surface area is 90.8 Å². The molecule has 84 valence electrons. The van der Waals surface area contributed by atoms with Crippen molar-refractivity contribution >= 4 is 0 Å². The normalized spacial score (nSPS) is 28.1. The van der Waals surface area contributed by atoms with Crippen LogP contribution < -0.4 is 5.32 Å². The highest BCUT2D eigenvalue weighted by Gasteiger charge is 2.27. The zero-order chi connectivity index (χ0) is 10.7. The van der Waals surface area contributed by atoms with Gasteiger partial charge in [-0.3, -0.25) is 0 Å². The lowest BCUT2D eigenvalue weighted by Gasteiger charge is -2.22. The molecule has 1 aromatic heterocycles. The van der Waals surface area contributed by atoms with Crippen LogP contribution in [0.5, 0.6) is 0 Å². The van der Waals surface area contributed by atoms with E-state index in [9.17, 15) is 0 Å². The molecule has 1 saturated heterocycles. The predicted molar refractivity (Wildman–Crippen MR) is 58.7 cm³/mol. The topological polar surface area (TPSA) is 34.4 Å². The first kappa shape index (κ1) is 10.7. The number of ether oxygens (including phenoxy) is 1. The zero-order valence-corrected chi connectivity index (χ0v) is 9.40.